The van der Waals surface area contributed by atoms with Gasteiger partial charge in [0.2, 0.25) is 0 Å². The summed E-state index contributed by atoms with van der Waals surface area (Å²) < 4.78 is 10.1. The first-order chi connectivity index (χ1) is 9.60. The number of methoxy groups -OCH3 is 1. The second-order valence-corrected chi connectivity index (χ2v) is 4.93. The average molecular weight is 288 g/mol. The van der Waals surface area contributed by atoms with Gasteiger partial charge in [-0.15, -0.1) is 0 Å². The van der Waals surface area contributed by atoms with E-state index in [2.05, 4.69) is 10.6 Å². The molecular formula is C13H24N2O5. The van der Waals surface area contributed by atoms with Crippen LogP contribution in [0.3, 0.4) is 0 Å². The van der Waals surface area contributed by atoms with E-state index in [-0.39, 0.29) is 0 Å². The van der Waals surface area contributed by atoms with Crippen molar-refractivity contribution in [2.45, 2.75) is 37.6 Å². The minimum atomic E-state index is -1.08. The number of amides is 2. The first-order valence-electron chi connectivity index (χ1n) is 6.97. The molecule has 7 heteroatoms. The number of carbonyl (C=O) groups is 2. The topological polar surface area (TPSA) is 96.9 Å². The molecule has 2 amide bonds. The molecule has 0 unspecified atom stereocenters. The van der Waals surface area contributed by atoms with Crippen LogP contribution in [-0.4, -0.2) is 56.1 Å². The highest BCUT2D eigenvalue weighted by Gasteiger charge is 2.42. The van der Waals surface area contributed by atoms with Crippen molar-refractivity contribution in [2.75, 3.05) is 33.5 Å². The minimum absolute atomic E-state index is 0.425. The lowest BCUT2D eigenvalue weighted by Crippen LogP contribution is -2.55. The lowest BCUT2D eigenvalue weighted by Gasteiger charge is -2.25. The van der Waals surface area contributed by atoms with Crippen molar-refractivity contribution in [3.8, 4) is 0 Å². The molecule has 7 nitrogen and oxygen atoms in total. The van der Waals surface area contributed by atoms with E-state index in [1.807, 2.05) is 0 Å². The third kappa shape index (κ3) is 5.34. The SMILES string of the molecule is COCCOCCCNC(=O)NC1(C(=O)O)CCCC1. The highest BCUT2D eigenvalue weighted by molar-refractivity contribution is 5.86. The third-order valence-corrected chi connectivity index (χ3v) is 3.40. The van der Waals surface area contributed by atoms with Crippen LogP contribution in [0.1, 0.15) is 32.1 Å². The third-order valence-electron chi connectivity index (χ3n) is 3.40. The molecule has 0 aromatic rings. The van der Waals surface area contributed by atoms with E-state index in [4.69, 9.17) is 9.47 Å². The largest absolute Gasteiger partial charge is 0.480 e. The first-order valence-corrected chi connectivity index (χ1v) is 6.97. The summed E-state index contributed by atoms with van der Waals surface area (Å²) in [7, 11) is 1.61. The molecular weight excluding hydrogens is 264 g/mol. The Morgan fingerprint density at radius 3 is 2.50 bits per heavy atom. The summed E-state index contributed by atoms with van der Waals surface area (Å²) >= 11 is 0. The summed E-state index contributed by atoms with van der Waals surface area (Å²) in [6, 6.07) is -0.425. The molecule has 116 valence electrons. The second-order valence-electron chi connectivity index (χ2n) is 4.93. The Morgan fingerprint density at radius 2 is 1.90 bits per heavy atom. The van der Waals surface area contributed by atoms with Crippen LogP contribution in [0.15, 0.2) is 0 Å². The Morgan fingerprint density at radius 1 is 1.20 bits per heavy atom. The standard InChI is InChI=1S/C13H24N2O5/c1-19-9-10-20-8-4-7-14-12(18)15-13(11(16)17)5-2-3-6-13/h2-10H2,1H3,(H,16,17)(H2,14,15,18). The second kappa shape index (κ2) is 8.76. The molecule has 1 aliphatic carbocycles. The van der Waals surface area contributed by atoms with Gasteiger partial charge >= 0.3 is 12.0 Å². The quantitative estimate of drug-likeness (QED) is 0.544. The van der Waals surface area contributed by atoms with E-state index in [0.29, 0.717) is 45.6 Å². The highest BCUT2D eigenvalue weighted by atomic mass is 16.5. The summed E-state index contributed by atoms with van der Waals surface area (Å²) in [5.74, 6) is -0.951. The zero-order valence-corrected chi connectivity index (χ0v) is 11.9. The number of urea groups is 1. The lowest BCUT2D eigenvalue weighted by molar-refractivity contribution is -0.144. The molecule has 1 fully saturated rings. The van der Waals surface area contributed by atoms with Crippen molar-refractivity contribution in [3.63, 3.8) is 0 Å². The van der Waals surface area contributed by atoms with E-state index in [0.717, 1.165) is 12.8 Å². The molecule has 0 saturated heterocycles. The van der Waals surface area contributed by atoms with Crippen LogP contribution in [0, 0.1) is 0 Å². The van der Waals surface area contributed by atoms with Gasteiger partial charge in [0.05, 0.1) is 13.2 Å². The van der Waals surface area contributed by atoms with Gasteiger partial charge in [0.1, 0.15) is 5.54 Å². The molecule has 0 bridgehead atoms. The summed E-state index contributed by atoms with van der Waals surface area (Å²) in [5.41, 5.74) is -1.08. The minimum Gasteiger partial charge on any atom is -0.480 e. The number of ether oxygens (including phenoxy) is 2. The highest BCUT2D eigenvalue weighted by Crippen LogP contribution is 2.29. The fourth-order valence-electron chi connectivity index (χ4n) is 2.25. The Hall–Kier alpha value is -1.34. The predicted octanol–water partition coefficient (Wildman–Crippen LogP) is 0.736. The van der Waals surface area contributed by atoms with Crippen LogP contribution in [0.4, 0.5) is 4.79 Å². The van der Waals surface area contributed by atoms with Crippen molar-refractivity contribution in [3.05, 3.63) is 0 Å². The number of hydrogen-bond acceptors (Lipinski definition) is 4. The van der Waals surface area contributed by atoms with E-state index in [9.17, 15) is 14.7 Å². The molecule has 0 atom stereocenters. The van der Waals surface area contributed by atoms with Gasteiger partial charge in [-0.2, -0.15) is 0 Å². The molecule has 0 aromatic heterocycles. The number of carboxylic acids is 1. The molecule has 1 aliphatic rings. The number of aliphatic carboxylic acids is 1. The van der Waals surface area contributed by atoms with Crippen LogP contribution in [0.5, 0.6) is 0 Å². The Kier molecular flexibility index (Phi) is 7.32. The normalized spacial score (nSPS) is 16.9. The number of carboxylic acid groups (broad SMARTS) is 1. The summed E-state index contributed by atoms with van der Waals surface area (Å²) in [6.07, 6.45) is 3.34. The maximum Gasteiger partial charge on any atom is 0.329 e. The van der Waals surface area contributed by atoms with Crippen molar-refractivity contribution < 1.29 is 24.2 Å². The molecule has 0 spiro atoms. The van der Waals surface area contributed by atoms with Crippen molar-refractivity contribution in [1.29, 1.82) is 0 Å². The molecule has 0 aromatic carbocycles. The van der Waals surface area contributed by atoms with Gasteiger partial charge in [-0.25, -0.2) is 9.59 Å². The zero-order valence-electron chi connectivity index (χ0n) is 11.9. The predicted molar refractivity (Wildman–Crippen MR) is 72.7 cm³/mol. The Balaban J connectivity index is 2.15. The molecule has 0 radical (unpaired) electrons. The van der Waals surface area contributed by atoms with Crippen molar-refractivity contribution in [2.24, 2.45) is 0 Å². The summed E-state index contributed by atoms with van der Waals surface area (Å²) in [5, 5.41) is 14.5. The zero-order chi connectivity index (χ0) is 14.8. The molecule has 20 heavy (non-hydrogen) atoms. The molecule has 0 aliphatic heterocycles. The van der Waals surface area contributed by atoms with E-state index in [1.165, 1.54) is 0 Å². The van der Waals surface area contributed by atoms with Gasteiger partial charge in [-0.1, -0.05) is 12.8 Å². The fourth-order valence-corrected chi connectivity index (χ4v) is 2.25. The van der Waals surface area contributed by atoms with E-state index < -0.39 is 17.5 Å². The van der Waals surface area contributed by atoms with Crippen LogP contribution >= 0.6 is 0 Å². The first kappa shape index (κ1) is 16.7. The summed E-state index contributed by atoms with van der Waals surface area (Å²) in [4.78, 5) is 23.0. The summed E-state index contributed by atoms with van der Waals surface area (Å²) in [6.45, 7) is 2.07. The van der Waals surface area contributed by atoms with Crippen molar-refractivity contribution >= 4 is 12.0 Å². The van der Waals surface area contributed by atoms with Crippen LogP contribution in [0.25, 0.3) is 0 Å². The van der Waals surface area contributed by atoms with E-state index in [1.54, 1.807) is 7.11 Å². The Labute approximate surface area is 119 Å². The average Bonchev–Trinajstić information content (AvgIpc) is 2.87. The number of nitrogens with one attached hydrogen (secondary N) is 2. The Bertz CT molecular complexity index is 316. The molecule has 3 N–H and O–H groups in total. The van der Waals surface area contributed by atoms with Crippen LogP contribution in [-0.2, 0) is 14.3 Å². The maximum absolute atomic E-state index is 11.7. The number of hydrogen-bond donors (Lipinski definition) is 3. The molecule has 1 saturated carbocycles. The molecule has 0 heterocycles. The van der Waals surface area contributed by atoms with Gasteiger partial charge in [0.25, 0.3) is 0 Å². The van der Waals surface area contributed by atoms with Gasteiger partial charge < -0.3 is 25.2 Å². The van der Waals surface area contributed by atoms with Gasteiger partial charge in [-0.3, -0.25) is 0 Å². The van der Waals surface area contributed by atoms with Gasteiger partial charge in [0, 0.05) is 20.3 Å². The number of rotatable bonds is 9. The van der Waals surface area contributed by atoms with E-state index >= 15 is 0 Å². The number of carbonyl (C=O) groups excluding carboxylic acids is 1. The van der Waals surface area contributed by atoms with Crippen LogP contribution < -0.4 is 10.6 Å². The smallest absolute Gasteiger partial charge is 0.329 e. The van der Waals surface area contributed by atoms with Gasteiger partial charge in [-0.05, 0) is 19.3 Å². The lowest BCUT2D eigenvalue weighted by atomic mass is 9.98. The van der Waals surface area contributed by atoms with Crippen LogP contribution in [0.2, 0.25) is 0 Å². The maximum atomic E-state index is 11.7. The molecule has 1 rings (SSSR count). The fraction of sp³-hybridized carbons (Fsp3) is 0.846. The van der Waals surface area contributed by atoms with Crippen molar-refractivity contribution in [1.82, 2.24) is 10.6 Å². The van der Waals surface area contributed by atoms with Gasteiger partial charge in [0.15, 0.2) is 0 Å². The monoisotopic (exact) mass is 288 g/mol.